The van der Waals surface area contributed by atoms with Crippen molar-refractivity contribution in [1.29, 1.82) is 0 Å². The van der Waals surface area contributed by atoms with Crippen molar-refractivity contribution in [1.82, 2.24) is 9.97 Å². The number of rotatable bonds is 10. The van der Waals surface area contributed by atoms with Gasteiger partial charge in [0.15, 0.2) is 0 Å². The van der Waals surface area contributed by atoms with E-state index < -0.39 is 24.6 Å². The van der Waals surface area contributed by atoms with Gasteiger partial charge in [-0.15, -0.1) is 0 Å². The average molecular weight is 492 g/mol. The Morgan fingerprint density at radius 2 is 1.84 bits per heavy atom. The van der Waals surface area contributed by atoms with Crippen molar-refractivity contribution in [2.75, 3.05) is 17.6 Å². The summed E-state index contributed by atoms with van der Waals surface area (Å²) in [5, 5.41) is 28.8. The molecule has 1 aromatic carbocycles. The van der Waals surface area contributed by atoms with Crippen LogP contribution >= 0.6 is 11.9 Å². The number of benzene rings is 1. The molecule has 10 heteroatoms. The number of carbonyl (C=O) groups is 1. The molecule has 172 valence electrons. The van der Waals surface area contributed by atoms with Crippen LogP contribution in [0.25, 0.3) is 17.3 Å². The van der Waals surface area contributed by atoms with Crippen molar-refractivity contribution in [3.63, 3.8) is 0 Å². The summed E-state index contributed by atoms with van der Waals surface area (Å²) in [4.78, 5) is 20.1. The molecule has 0 aliphatic heterocycles. The Balaban J connectivity index is 0.00000512. The third-order valence-electron chi connectivity index (χ3n) is 4.59. The Morgan fingerprint density at radius 3 is 2.38 bits per heavy atom. The molecule has 7 nitrogen and oxygen atoms in total. The molecular formula is C22H30CaFN3O4S. The molecule has 0 fully saturated rings. The second-order valence-electron chi connectivity index (χ2n) is 7.43. The third-order valence-corrected chi connectivity index (χ3v) is 5.30. The van der Waals surface area contributed by atoms with Gasteiger partial charge in [0.1, 0.15) is 5.82 Å². The van der Waals surface area contributed by atoms with Gasteiger partial charge in [-0.25, -0.2) is 14.4 Å². The molecule has 0 aliphatic rings. The molecule has 0 radical (unpaired) electrons. The Kier molecular flexibility index (Phi) is 12.1. The fraction of sp³-hybridized carbons (Fsp3) is 0.409. The van der Waals surface area contributed by atoms with Gasteiger partial charge in [-0.05, 0) is 30.2 Å². The predicted octanol–water partition coefficient (Wildman–Crippen LogP) is 2.80. The van der Waals surface area contributed by atoms with Crippen molar-refractivity contribution in [3.05, 3.63) is 47.4 Å². The van der Waals surface area contributed by atoms with Gasteiger partial charge in [0.2, 0.25) is 5.95 Å². The van der Waals surface area contributed by atoms with E-state index in [1.807, 2.05) is 31.5 Å². The topological polar surface area (TPSA) is 107 Å². The van der Waals surface area contributed by atoms with E-state index in [-0.39, 0.29) is 55.9 Å². The average Bonchev–Trinajstić information content (AvgIpc) is 2.70. The van der Waals surface area contributed by atoms with E-state index in [0.29, 0.717) is 22.8 Å². The summed E-state index contributed by atoms with van der Waals surface area (Å²) in [6.07, 6.45) is 2.30. The number of hydrogen-bond acceptors (Lipinski definition) is 7. The van der Waals surface area contributed by atoms with Crippen LogP contribution in [0.3, 0.4) is 0 Å². The first-order chi connectivity index (χ1) is 14.6. The fourth-order valence-corrected chi connectivity index (χ4v) is 3.22. The van der Waals surface area contributed by atoms with Crippen LogP contribution < -0.4 is 4.31 Å². The first-order valence-electron chi connectivity index (χ1n) is 9.84. The van der Waals surface area contributed by atoms with Crippen LogP contribution in [-0.4, -0.2) is 94.5 Å². The normalized spacial score (nSPS) is 13.1. The zero-order valence-electron chi connectivity index (χ0n) is 18.0. The third kappa shape index (κ3) is 8.28. The Morgan fingerprint density at radius 1 is 1.22 bits per heavy atom. The second kappa shape index (κ2) is 13.5. The quantitative estimate of drug-likeness (QED) is 0.344. The number of aliphatic hydroxyl groups excluding tert-OH is 2. The van der Waals surface area contributed by atoms with Gasteiger partial charge in [-0.3, -0.25) is 9.10 Å². The Hall–Kier alpha value is -1.23. The summed E-state index contributed by atoms with van der Waals surface area (Å²) < 4.78 is 15.3. The standard InChI is InChI=1S/C22H28FN3O4S.Ca.2H/c1-13(2)20-18(10-9-16(27)11-17(28)12-19(29)30)21(14-5-7-15(23)8-6-14)25-22(24-20)26(3)31-4;;;/h5-10,13,16-17,27-28H,11-12H2,1-4H3,(H,29,30);;;/b10-9+;;;/t16-,17-;;;/m1.../s1. The van der Waals surface area contributed by atoms with E-state index in [4.69, 9.17) is 5.11 Å². The first-order valence-corrected chi connectivity index (χ1v) is 11.0. The molecule has 1 aromatic heterocycles. The monoisotopic (exact) mass is 491 g/mol. The van der Waals surface area contributed by atoms with Crippen LogP contribution in [0, 0.1) is 5.82 Å². The summed E-state index contributed by atoms with van der Waals surface area (Å²) in [5.41, 5.74) is 2.71. The maximum atomic E-state index is 13.5. The zero-order valence-corrected chi connectivity index (χ0v) is 18.8. The van der Waals surface area contributed by atoms with E-state index in [1.54, 1.807) is 18.2 Å². The molecule has 0 unspecified atom stereocenters. The molecule has 0 spiro atoms. The van der Waals surface area contributed by atoms with Gasteiger partial charge in [0, 0.05) is 30.9 Å². The number of carboxylic acids is 1. The van der Waals surface area contributed by atoms with Gasteiger partial charge in [-0.2, -0.15) is 0 Å². The summed E-state index contributed by atoms with van der Waals surface area (Å²) >= 11 is 1.45. The molecule has 0 bridgehead atoms. The molecule has 0 saturated heterocycles. The van der Waals surface area contributed by atoms with Crippen LogP contribution in [-0.2, 0) is 4.79 Å². The number of hydrogen-bond donors (Lipinski definition) is 3. The van der Waals surface area contributed by atoms with Crippen LogP contribution in [0.2, 0.25) is 0 Å². The zero-order chi connectivity index (χ0) is 23.1. The molecule has 32 heavy (non-hydrogen) atoms. The van der Waals surface area contributed by atoms with Crippen molar-refractivity contribution in [2.45, 2.75) is 44.8 Å². The van der Waals surface area contributed by atoms with Gasteiger partial charge >= 0.3 is 43.7 Å². The number of halogens is 1. The molecule has 3 N–H and O–H groups in total. The van der Waals surface area contributed by atoms with E-state index in [9.17, 15) is 19.4 Å². The van der Waals surface area contributed by atoms with Crippen LogP contribution in [0.5, 0.6) is 0 Å². The molecule has 1 heterocycles. The van der Waals surface area contributed by atoms with Crippen molar-refractivity contribution >= 4 is 67.7 Å². The van der Waals surface area contributed by atoms with E-state index in [0.717, 1.165) is 5.69 Å². The summed E-state index contributed by atoms with van der Waals surface area (Å²) in [7, 11) is 1.85. The molecule has 2 aromatic rings. The summed E-state index contributed by atoms with van der Waals surface area (Å²) in [6.45, 7) is 3.98. The molecule has 2 atom stereocenters. The van der Waals surface area contributed by atoms with Crippen molar-refractivity contribution < 1.29 is 24.5 Å². The predicted molar refractivity (Wildman–Crippen MR) is 130 cm³/mol. The Labute approximate surface area is 221 Å². The van der Waals surface area contributed by atoms with Crippen LogP contribution in [0.1, 0.15) is 43.9 Å². The molecule has 0 amide bonds. The summed E-state index contributed by atoms with van der Waals surface area (Å²) in [5.74, 6) is -0.953. The van der Waals surface area contributed by atoms with Crippen molar-refractivity contribution in [3.8, 4) is 11.3 Å². The second-order valence-corrected chi connectivity index (χ2v) is 8.34. The number of carboxylic acid groups (broad SMARTS) is 1. The van der Waals surface area contributed by atoms with Gasteiger partial charge < -0.3 is 15.3 Å². The molecule has 2 rings (SSSR count). The minimum absolute atomic E-state index is 0. The van der Waals surface area contributed by atoms with Gasteiger partial charge in [0.05, 0.1) is 30.0 Å². The minimum atomic E-state index is -1.16. The van der Waals surface area contributed by atoms with Gasteiger partial charge in [-0.1, -0.05) is 37.9 Å². The SMILES string of the molecule is CSN(C)c1nc(-c2ccc(F)cc2)c(/C=C/[C@@H](O)C[C@@H](O)CC(=O)O)c(C(C)C)n1.[CaH2]. The number of anilines is 1. The number of aliphatic carboxylic acids is 1. The van der Waals surface area contributed by atoms with Crippen molar-refractivity contribution in [2.24, 2.45) is 0 Å². The Bertz CT molecular complexity index is 928. The van der Waals surface area contributed by atoms with Crippen LogP contribution in [0.4, 0.5) is 10.3 Å². The maximum absolute atomic E-state index is 13.5. The molecule has 0 saturated carbocycles. The number of aliphatic hydroxyl groups is 2. The number of nitrogens with zero attached hydrogens (tertiary/aromatic N) is 3. The molecule has 0 aliphatic carbocycles. The molecular weight excluding hydrogens is 461 g/mol. The van der Waals surface area contributed by atoms with E-state index >= 15 is 0 Å². The van der Waals surface area contributed by atoms with Gasteiger partial charge in [0.25, 0.3) is 0 Å². The van der Waals surface area contributed by atoms with Crippen LogP contribution in [0.15, 0.2) is 30.3 Å². The van der Waals surface area contributed by atoms with E-state index in [1.165, 1.54) is 30.2 Å². The van der Waals surface area contributed by atoms with E-state index in [2.05, 4.69) is 9.97 Å². The first kappa shape index (κ1) is 28.8. The summed E-state index contributed by atoms with van der Waals surface area (Å²) in [6, 6.07) is 5.98. The number of aromatic nitrogens is 2. The fourth-order valence-electron chi connectivity index (χ4n) is 2.98.